The zero-order valence-electron chi connectivity index (χ0n) is 17.6. The summed E-state index contributed by atoms with van der Waals surface area (Å²) in [5.74, 6) is -0.0570. The predicted octanol–water partition coefficient (Wildman–Crippen LogP) is 3.44. The van der Waals surface area contributed by atoms with E-state index in [-0.39, 0.29) is 55.1 Å². The van der Waals surface area contributed by atoms with Gasteiger partial charge in [0.15, 0.2) is 5.65 Å². The van der Waals surface area contributed by atoms with Gasteiger partial charge in [0.05, 0.1) is 28.6 Å². The molecule has 5 rings (SSSR count). The van der Waals surface area contributed by atoms with Crippen molar-refractivity contribution in [3.05, 3.63) is 48.2 Å². The van der Waals surface area contributed by atoms with Crippen molar-refractivity contribution < 1.29 is 31.1 Å². The van der Waals surface area contributed by atoms with Gasteiger partial charge >= 0.3 is 12.2 Å². The lowest BCUT2D eigenvalue weighted by Crippen LogP contribution is -2.28. The number of alkyl halides is 3. The highest BCUT2D eigenvalue weighted by molar-refractivity contribution is 7.93. The number of anilines is 2. The number of para-hydroxylation sites is 1. The molecule has 1 fully saturated rings. The molecule has 3 aromatic rings. The number of aromatic nitrogens is 3. The van der Waals surface area contributed by atoms with Crippen LogP contribution in [-0.2, 0) is 16.2 Å². The molecular weight excluding hydrogens is 475 g/mol. The fourth-order valence-electron chi connectivity index (χ4n) is 3.95. The standard InChI is InChI=1S/C21H18F3N5O4S/c1-12-13-5-2-3-6-15(13)32-8-9-33-20-27-18-16(19(26-12)28-20)17(21(22,23)24)14(11-25-18)29-7-4-10-34(29,30)31/h2-3,5-6,11H,1,4,7-10H2,(H,25,26,27,28). The molecule has 34 heavy (non-hydrogen) atoms. The van der Waals surface area contributed by atoms with E-state index in [1.54, 1.807) is 24.3 Å². The van der Waals surface area contributed by atoms with Crippen molar-refractivity contribution in [3.8, 4) is 11.8 Å². The number of fused-ring (bicyclic) bond motifs is 5. The fraction of sp³-hybridized carbons (Fsp3) is 0.286. The normalized spacial score (nSPS) is 17.9. The number of pyridine rings is 1. The van der Waals surface area contributed by atoms with E-state index in [9.17, 15) is 21.6 Å². The first-order valence-corrected chi connectivity index (χ1v) is 11.9. The highest BCUT2D eigenvalue weighted by atomic mass is 32.2. The molecule has 0 spiro atoms. The number of hydrogen-bond acceptors (Lipinski definition) is 8. The Morgan fingerprint density at radius 3 is 2.62 bits per heavy atom. The van der Waals surface area contributed by atoms with Crippen molar-refractivity contribution in [2.45, 2.75) is 12.6 Å². The van der Waals surface area contributed by atoms with E-state index in [0.29, 0.717) is 11.3 Å². The molecular formula is C21H18F3N5O4S. The van der Waals surface area contributed by atoms with Gasteiger partial charge in [0.2, 0.25) is 10.0 Å². The second-order valence-corrected chi connectivity index (χ2v) is 9.62. The molecule has 4 heterocycles. The van der Waals surface area contributed by atoms with Crippen LogP contribution in [0.5, 0.6) is 11.8 Å². The Morgan fingerprint density at radius 2 is 1.88 bits per heavy atom. The number of ether oxygens (including phenoxy) is 2. The van der Waals surface area contributed by atoms with Crippen LogP contribution in [0, 0.1) is 0 Å². The van der Waals surface area contributed by atoms with Gasteiger partial charge in [-0.05, 0) is 18.6 Å². The van der Waals surface area contributed by atoms with Gasteiger partial charge in [0.1, 0.15) is 24.8 Å². The van der Waals surface area contributed by atoms with Gasteiger partial charge in [0, 0.05) is 17.8 Å². The zero-order chi connectivity index (χ0) is 24.1. The number of sulfonamides is 1. The van der Waals surface area contributed by atoms with E-state index in [0.717, 1.165) is 10.5 Å². The summed E-state index contributed by atoms with van der Waals surface area (Å²) in [5, 5.41) is 2.33. The van der Waals surface area contributed by atoms with E-state index in [1.807, 2.05) is 0 Å². The minimum atomic E-state index is -4.94. The summed E-state index contributed by atoms with van der Waals surface area (Å²) in [6.45, 7) is 4.01. The maximum atomic E-state index is 14.4. The summed E-state index contributed by atoms with van der Waals surface area (Å²) >= 11 is 0. The lowest BCUT2D eigenvalue weighted by Gasteiger charge is -2.23. The number of nitrogens with one attached hydrogen (secondary N) is 1. The summed E-state index contributed by atoms with van der Waals surface area (Å²) in [5.41, 5.74) is -1.35. The Morgan fingerprint density at radius 1 is 1.12 bits per heavy atom. The monoisotopic (exact) mass is 493 g/mol. The molecule has 1 aromatic carbocycles. The number of halogens is 3. The summed E-state index contributed by atoms with van der Waals surface area (Å²) < 4.78 is 80.1. The van der Waals surface area contributed by atoms with E-state index < -0.39 is 32.8 Å². The molecule has 0 unspecified atom stereocenters. The highest BCUT2D eigenvalue weighted by Crippen LogP contribution is 2.45. The second-order valence-electron chi connectivity index (χ2n) is 7.61. The van der Waals surface area contributed by atoms with Crippen LogP contribution in [0.2, 0.25) is 0 Å². The third-order valence-corrected chi connectivity index (χ3v) is 7.25. The molecule has 2 aliphatic rings. The first kappa shape index (κ1) is 22.2. The van der Waals surface area contributed by atoms with Crippen molar-refractivity contribution in [2.24, 2.45) is 0 Å². The van der Waals surface area contributed by atoms with Gasteiger partial charge in [-0.2, -0.15) is 23.1 Å². The molecule has 0 aliphatic carbocycles. The van der Waals surface area contributed by atoms with Crippen LogP contribution < -0.4 is 19.1 Å². The highest BCUT2D eigenvalue weighted by Gasteiger charge is 2.42. The average molecular weight is 493 g/mol. The lowest BCUT2D eigenvalue weighted by molar-refractivity contribution is -0.135. The van der Waals surface area contributed by atoms with Crippen molar-refractivity contribution in [1.82, 2.24) is 15.0 Å². The Labute approximate surface area is 192 Å². The first-order chi connectivity index (χ1) is 16.1. The van der Waals surface area contributed by atoms with Crippen LogP contribution in [-0.4, -0.2) is 48.9 Å². The minimum absolute atomic E-state index is 0.0298. The number of benzene rings is 1. The lowest BCUT2D eigenvalue weighted by atomic mass is 10.1. The molecule has 0 atom stereocenters. The Balaban J connectivity index is 1.77. The Hall–Kier alpha value is -3.61. The van der Waals surface area contributed by atoms with Crippen molar-refractivity contribution in [1.29, 1.82) is 0 Å². The van der Waals surface area contributed by atoms with Crippen LogP contribution in [0.25, 0.3) is 16.7 Å². The molecule has 2 bridgehead atoms. The van der Waals surface area contributed by atoms with Crippen LogP contribution in [0.4, 0.5) is 24.7 Å². The number of nitrogens with zero attached hydrogens (tertiary/aromatic N) is 4. The zero-order valence-corrected chi connectivity index (χ0v) is 18.4. The average Bonchev–Trinajstić information content (AvgIpc) is 3.13. The molecule has 1 N–H and O–H groups in total. The van der Waals surface area contributed by atoms with Crippen molar-refractivity contribution in [3.63, 3.8) is 0 Å². The van der Waals surface area contributed by atoms with Gasteiger partial charge in [-0.15, -0.1) is 0 Å². The van der Waals surface area contributed by atoms with Gasteiger partial charge in [-0.25, -0.2) is 13.4 Å². The summed E-state index contributed by atoms with van der Waals surface area (Å²) in [6.07, 6.45) is -3.85. The molecule has 2 aromatic heterocycles. The van der Waals surface area contributed by atoms with Gasteiger partial charge in [-0.3, -0.25) is 4.31 Å². The minimum Gasteiger partial charge on any atom is -0.489 e. The molecule has 1 saturated heterocycles. The maximum absolute atomic E-state index is 14.4. The summed E-state index contributed by atoms with van der Waals surface area (Å²) in [6, 6.07) is 6.65. The summed E-state index contributed by atoms with van der Waals surface area (Å²) in [7, 11) is -3.91. The molecule has 2 aliphatic heterocycles. The molecule has 0 radical (unpaired) electrons. The van der Waals surface area contributed by atoms with Gasteiger partial charge in [0.25, 0.3) is 0 Å². The second kappa shape index (κ2) is 8.01. The van der Waals surface area contributed by atoms with Crippen LogP contribution in [0.3, 0.4) is 0 Å². The molecule has 0 saturated carbocycles. The Kier molecular flexibility index (Phi) is 5.23. The maximum Gasteiger partial charge on any atom is 0.419 e. The quantitative estimate of drug-likeness (QED) is 0.550. The van der Waals surface area contributed by atoms with E-state index in [2.05, 4.69) is 26.8 Å². The predicted molar refractivity (Wildman–Crippen MR) is 118 cm³/mol. The van der Waals surface area contributed by atoms with E-state index in [4.69, 9.17) is 9.47 Å². The van der Waals surface area contributed by atoms with Gasteiger partial charge < -0.3 is 14.8 Å². The van der Waals surface area contributed by atoms with Gasteiger partial charge in [-0.1, -0.05) is 18.7 Å². The van der Waals surface area contributed by atoms with Crippen LogP contribution in [0.15, 0.2) is 37.0 Å². The van der Waals surface area contributed by atoms with E-state index >= 15 is 0 Å². The van der Waals surface area contributed by atoms with Crippen molar-refractivity contribution in [2.75, 3.05) is 35.1 Å². The third-order valence-electron chi connectivity index (χ3n) is 5.39. The van der Waals surface area contributed by atoms with Crippen LogP contribution in [0.1, 0.15) is 17.5 Å². The SMILES string of the molecule is C=C1Nc2nc(nc3ncc(N4CCCS4(=O)=O)c(C(F)(F)F)c23)OCCOc2ccccc21. The largest absolute Gasteiger partial charge is 0.489 e. The number of rotatable bonds is 1. The smallest absolute Gasteiger partial charge is 0.419 e. The molecule has 0 amide bonds. The Bertz CT molecular complexity index is 1410. The first-order valence-electron chi connectivity index (χ1n) is 10.2. The number of hydrogen-bond donors (Lipinski definition) is 1. The van der Waals surface area contributed by atoms with E-state index in [1.165, 1.54) is 0 Å². The molecule has 13 heteroatoms. The summed E-state index contributed by atoms with van der Waals surface area (Å²) in [4.78, 5) is 12.2. The molecule has 178 valence electrons. The van der Waals surface area contributed by atoms with Crippen molar-refractivity contribution >= 4 is 38.3 Å². The third kappa shape index (κ3) is 3.85. The van der Waals surface area contributed by atoms with Crippen LogP contribution >= 0.6 is 0 Å². The topological polar surface area (TPSA) is 107 Å². The fourth-order valence-corrected chi connectivity index (χ4v) is 5.50. The molecule has 9 nitrogen and oxygen atoms in total.